The molecule has 166 valence electrons. The third-order valence-electron chi connectivity index (χ3n) is 7.41. The highest BCUT2D eigenvalue weighted by atomic mass is 35.5. The van der Waals surface area contributed by atoms with Gasteiger partial charge in [-0.3, -0.25) is 9.59 Å². The summed E-state index contributed by atoms with van der Waals surface area (Å²) in [6, 6.07) is 7.54. The van der Waals surface area contributed by atoms with Gasteiger partial charge < -0.3 is 16.4 Å². The van der Waals surface area contributed by atoms with Crippen LogP contribution in [-0.2, 0) is 17.9 Å². The zero-order valence-corrected chi connectivity index (χ0v) is 18.9. The van der Waals surface area contributed by atoms with Crippen molar-refractivity contribution in [3.8, 4) is 0 Å². The molecule has 1 heterocycles. The fourth-order valence-electron chi connectivity index (χ4n) is 5.31. The second-order valence-electron chi connectivity index (χ2n) is 9.56. The molecule has 1 amide bonds. The molecule has 4 atom stereocenters. The van der Waals surface area contributed by atoms with Crippen molar-refractivity contribution < 1.29 is 4.79 Å². The lowest BCUT2D eigenvalue weighted by Crippen LogP contribution is -2.58. The van der Waals surface area contributed by atoms with E-state index in [4.69, 9.17) is 17.3 Å². The van der Waals surface area contributed by atoms with Crippen molar-refractivity contribution in [3.05, 3.63) is 51.4 Å². The molecule has 31 heavy (non-hydrogen) atoms. The topological polar surface area (TPSA) is 102 Å². The molecule has 7 nitrogen and oxygen atoms in total. The molecule has 5 rings (SSSR count). The number of nitrogen functional groups attached to an aromatic ring is 1. The summed E-state index contributed by atoms with van der Waals surface area (Å²) in [6.07, 6.45) is 3.90. The van der Waals surface area contributed by atoms with Crippen LogP contribution in [0.1, 0.15) is 39.2 Å². The number of benzene rings is 1. The number of rotatable bonds is 6. The SMILES string of the molecule is C[C@@H]1[C@H]2C[C@@H](C[C@H]1Nc1cnn(CC(=O)NCc3cccc(N)c3)c(=O)c1Cl)C2(C)C. The van der Waals surface area contributed by atoms with E-state index in [1.165, 1.54) is 6.42 Å². The molecule has 0 unspecified atom stereocenters. The van der Waals surface area contributed by atoms with E-state index < -0.39 is 5.56 Å². The van der Waals surface area contributed by atoms with E-state index >= 15 is 0 Å². The summed E-state index contributed by atoms with van der Waals surface area (Å²) in [5, 5.41) is 10.5. The van der Waals surface area contributed by atoms with Gasteiger partial charge in [0, 0.05) is 18.3 Å². The number of aromatic nitrogens is 2. The number of fused-ring (bicyclic) bond motifs is 2. The predicted molar refractivity (Wildman–Crippen MR) is 123 cm³/mol. The van der Waals surface area contributed by atoms with Crippen LogP contribution in [0.3, 0.4) is 0 Å². The summed E-state index contributed by atoms with van der Waals surface area (Å²) in [4.78, 5) is 25.0. The second kappa shape index (κ2) is 8.19. The first-order valence-electron chi connectivity index (χ1n) is 10.8. The molecule has 0 radical (unpaired) electrons. The van der Waals surface area contributed by atoms with Crippen LogP contribution in [0.4, 0.5) is 11.4 Å². The van der Waals surface area contributed by atoms with Crippen LogP contribution < -0.4 is 21.9 Å². The van der Waals surface area contributed by atoms with E-state index in [0.717, 1.165) is 16.7 Å². The molecule has 2 bridgehead atoms. The lowest BCUT2D eigenvalue weighted by atomic mass is 9.45. The number of nitrogens with zero attached hydrogens (tertiary/aromatic N) is 2. The summed E-state index contributed by atoms with van der Waals surface area (Å²) in [5.74, 6) is 1.55. The van der Waals surface area contributed by atoms with Crippen LogP contribution in [0.5, 0.6) is 0 Å². The molecule has 3 fully saturated rings. The van der Waals surface area contributed by atoms with Crippen molar-refractivity contribution in [2.75, 3.05) is 11.1 Å². The highest BCUT2D eigenvalue weighted by Crippen LogP contribution is 2.61. The molecule has 8 heteroatoms. The fraction of sp³-hybridized carbons (Fsp3) is 0.522. The van der Waals surface area contributed by atoms with Crippen LogP contribution in [0.25, 0.3) is 0 Å². The summed E-state index contributed by atoms with van der Waals surface area (Å²) < 4.78 is 1.09. The van der Waals surface area contributed by atoms with Gasteiger partial charge in [-0.2, -0.15) is 5.10 Å². The van der Waals surface area contributed by atoms with Crippen LogP contribution in [0.15, 0.2) is 35.3 Å². The fourth-order valence-corrected chi connectivity index (χ4v) is 5.52. The van der Waals surface area contributed by atoms with Crippen molar-refractivity contribution in [3.63, 3.8) is 0 Å². The van der Waals surface area contributed by atoms with E-state index in [1.54, 1.807) is 18.3 Å². The van der Waals surface area contributed by atoms with Crippen molar-refractivity contribution in [1.29, 1.82) is 0 Å². The minimum absolute atomic E-state index is 0.0735. The average Bonchev–Trinajstić information content (AvgIpc) is 2.73. The molecule has 0 spiro atoms. The Bertz CT molecular complexity index is 1050. The number of hydrogen-bond acceptors (Lipinski definition) is 5. The average molecular weight is 444 g/mol. The number of amides is 1. The summed E-state index contributed by atoms with van der Waals surface area (Å²) in [6.45, 7) is 7.11. The quantitative estimate of drug-likeness (QED) is 0.594. The number of carbonyl (C=O) groups is 1. The molecule has 3 saturated carbocycles. The molecule has 3 aliphatic carbocycles. The van der Waals surface area contributed by atoms with Gasteiger partial charge in [0.1, 0.15) is 11.6 Å². The van der Waals surface area contributed by atoms with Gasteiger partial charge >= 0.3 is 0 Å². The van der Waals surface area contributed by atoms with Crippen molar-refractivity contribution in [2.45, 2.75) is 52.7 Å². The minimum Gasteiger partial charge on any atom is -0.399 e. The zero-order valence-electron chi connectivity index (χ0n) is 18.2. The van der Waals surface area contributed by atoms with Gasteiger partial charge in [-0.15, -0.1) is 0 Å². The zero-order chi connectivity index (χ0) is 22.3. The van der Waals surface area contributed by atoms with Crippen LogP contribution in [0, 0.1) is 23.2 Å². The largest absolute Gasteiger partial charge is 0.399 e. The first-order chi connectivity index (χ1) is 14.7. The standard InChI is InChI=1S/C23H30ClN5O2/c1-13-17-8-15(23(17,2)3)9-18(13)28-19-11-27-29(22(31)21(19)24)12-20(30)26-10-14-5-4-6-16(25)7-14/h4-7,11,13,15,17-18,28H,8-10,12,25H2,1-3H3,(H,26,30)/t13-,15+,17-,18-/m1/s1. The summed E-state index contributed by atoms with van der Waals surface area (Å²) in [7, 11) is 0. The Labute approximate surface area is 187 Å². The van der Waals surface area contributed by atoms with Crippen LogP contribution in [-0.4, -0.2) is 21.7 Å². The summed E-state index contributed by atoms with van der Waals surface area (Å²) in [5.41, 5.74) is 7.72. The van der Waals surface area contributed by atoms with Gasteiger partial charge in [-0.05, 0) is 53.7 Å². The van der Waals surface area contributed by atoms with Gasteiger partial charge in [-0.1, -0.05) is 44.5 Å². The van der Waals surface area contributed by atoms with Gasteiger partial charge in [0.25, 0.3) is 5.56 Å². The molecular formula is C23H30ClN5O2. The Morgan fingerprint density at radius 1 is 1.35 bits per heavy atom. The Hall–Kier alpha value is -2.54. The highest BCUT2D eigenvalue weighted by Gasteiger charge is 2.56. The number of halogens is 1. The molecular weight excluding hydrogens is 414 g/mol. The predicted octanol–water partition coefficient (Wildman–Crippen LogP) is 3.28. The molecule has 2 aromatic rings. The van der Waals surface area contributed by atoms with Crippen LogP contribution in [0.2, 0.25) is 5.02 Å². The Morgan fingerprint density at radius 2 is 2.13 bits per heavy atom. The van der Waals surface area contributed by atoms with Gasteiger partial charge in [0.15, 0.2) is 0 Å². The Kier molecular flexibility index (Phi) is 5.73. The second-order valence-corrected chi connectivity index (χ2v) is 9.94. The maximum absolute atomic E-state index is 12.7. The number of hydrogen-bond donors (Lipinski definition) is 3. The van der Waals surface area contributed by atoms with Crippen LogP contribution >= 0.6 is 11.6 Å². The molecule has 1 aromatic carbocycles. The van der Waals surface area contributed by atoms with E-state index in [0.29, 0.717) is 41.1 Å². The maximum atomic E-state index is 12.7. The maximum Gasteiger partial charge on any atom is 0.288 e. The van der Waals surface area contributed by atoms with Crippen molar-refractivity contribution in [2.24, 2.45) is 23.2 Å². The first kappa shape index (κ1) is 21.7. The number of carbonyl (C=O) groups excluding carboxylic acids is 1. The number of nitrogens with two attached hydrogens (primary N) is 1. The third kappa shape index (κ3) is 4.15. The lowest BCUT2D eigenvalue weighted by Gasteiger charge is -2.62. The first-order valence-corrected chi connectivity index (χ1v) is 11.2. The minimum atomic E-state index is -0.472. The molecule has 0 aliphatic heterocycles. The van der Waals surface area contributed by atoms with E-state index in [1.807, 2.05) is 12.1 Å². The Morgan fingerprint density at radius 3 is 2.81 bits per heavy atom. The smallest absolute Gasteiger partial charge is 0.288 e. The van der Waals surface area contributed by atoms with Gasteiger partial charge in [0.05, 0.1) is 11.9 Å². The van der Waals surface area contributed by atoms with Gasteiger partial charge in [0.2, 0.25) is 5.91 Å². The molecule has 1 aromatic heterocycles. The normalized spacial score (nSPS) is 26.1. The molecule has 4 N–H and O–H groups in total. The molecule has 0 saturated heterocycles. The number of nitrogens with one attached hydrogen (secondary N) is 2. The number of anilines is 2. The van der Waals surface area contributed by atoms with Gasteiger partial charge in [-0.25, -0.2) is 4.68 Å². The van der Waals surface area contributed by atoms with Crippen molar-refractivity contribution >= 4 is 28.9 Å². The van der Waals surface area contributed by atoms with E-state index in [-0.39, 0.29) is 23.5 Å². The highest BCUT2D eigenvalue weighted by molar-refractivity contribution is 6.32. The molecule has 3 aliphatic rings. The lowest BCUT2D eigenvalue weighted by molar-refractivity contribution is -0.122. The third-order valence-corrected chi connectivity index (χ3v) is 7.78. The van der Waals surface area contributed by atoms with E-state index in [2.05, 4.69) is 36.5 Å². The summed E-state index contributed by atoms with van der Waals surface area (Å²) >= 11 is 6.36. The van der Waals surface area contributed by atoms with E-state index in [9.17, 15) is 9.59 Å². The monoisotopic (exact) mass is 443 g/mol. The van der Waals surface area contributed by atoms with Crippen molar-refractivity contribution in [1.82, 2.24) is 15.1 Å². The Balaban J connectivity index is 1.38.